The van der Waals surface area contributed by atoms with Gasteiger partial charge in [0.2, 0.25) is 0 Å². The monoisotopic (exact) mass is 230 g/mol. The Morgan fingerprint density at radius 2 is 1.94 bits per heavy atom. The minimum absolute atomic E-state index is 0.222. The summed E-state index contributed by atoms with van der Waals surface area (Å²) in [5, 5.41) is 9.60. The zero-order valence-corrected chi connectivity index (χ0v) is 8.93. The number of aliphatic hydroxyl groups is 1. The summed E-state index contributed by atoms with van der Waals surface area (Å²) in [4.78, 5) is 0. The molecule has 88 valence electrons. The highest BCUT2D eigenvalue weighted by atomic mass is 19.2. The van der Waals surface area contributed by atoms with Crippen LogP contribution in [0.3, 0.4) is 0 Å². The van der Waals surface area contributed by atoms with Crippen LogP contribution in [0.5, 0.6) is 0 Å². The van der Waals surface area contributed by atoms with Gasteiger partial charge in [0.15, 0.2) is 17.5 Å². The van der Waals surface area contributed by atoms with E-state index in [1.54, 1.807) is 6.92 Å². The molecule has 4 heteroatoms. The summed E-state index contributed by atoms with van der Waals surface area (Å²) in [5.41, 5.74) is 0.613. The van der Waals surface area contributed by atoms with Gasteiger partial charge in [-0.2, -0.15) is 0 Å². The van der Waals surface area contributed by atoms with Crippen molar-refractivity contribution in [2.24, 2.45) is 0 Å². The summed E-state index contributed by atoms with van der Waals surface area (Å²) in [6.45, 7) is 5.41. The molecule has 0 aliphatic rings. The molecule has 1 unspecified atom stereocenters. The summed E-state index contributed by atoms with van der Waals surface area (Å²) >= 11 is 0. The van der Waals surface area contributed by atoms with Crippen molar-refractivity contribution in [3.05, 3.63) is 47.3 Å². The molecule has 0 aliphatic heterocycles. The van der Waals surface area contributed by atoms with Crippen molar-refractivity contribution in [3.8, 4) is 0 Å². The number of halogens is 3. The van der Waals surface area contributed by atoms with E-state index >= 15 is 0 Å². The molecule has 0 aliphatic carbocycles. The average Bonchev–Trinajstić information content (AvgIpc) is 2.23. The summed E-state index contributed by atoms with van der Waals surface area (Å²) < 4.78 is 38.7. The molecule has 0 saturated carbocycles. The molecule has 1 rings (SSSR count). The number of hydrogen-bond acceptors (Lipinski definition) is 1. The van der Waals surface area contributed by atoms with Crippen LogP contribution in [0.15, 0.2) is 24.3 Å². The highest BCUT2D eigenvalue weighted by Crippen LogP contribution is 2.25. The SMILES string of the molecule is C=C(C)CCC(O)c1ccc(F)c(F)c1F. The Morgan fingerprint density at radius 1 is 1.31 bits per heavy atom. The Morgan fingerprint density at radius 3 is 2.50 bits per heavy atom. The minimum atomic E-state index is -1.55. The van der Waals surface area contributed by atoms with Gasteiger partial charge in [-0.05, 0) is 25.8 Å². The van der Waals surface area contributed by atoms with Crippen molar-refractivity contribution in [2.45, 2.75) is 25.9 Å². The molecule has 1 aromatic rings. The van der Waals surface area contributed by atoms with Crippen molar-refractivity contribution >= 4 is 0 Å². The van der Waals surface area contributed by atoms with Crippen molar-refractivity contribution in [1.29, 1.82) is 0 Å². The van der Waals surface area contributed by atoms with Gasteiger partial charge >= 0.3 is 0 Å². The first kappa shape index (κ1) is 12.8. The Kier molecular flexibility index (Phi) is 4.12. The van der Waals surface area contributed by atoms with Gasteiger partial charge in [-0.25, -0.2) is 13.2 Å². The maximum Gasteiger partial charge on any atom is 0.194 e. The maximum atomic E-state index is 13.2. The topological polar surface area (TPSA) is 20.2 Å². The molecular formula is C12H13F3O. The number of rotatable bonds is 4. The summed E-state index contributed by atoms with van der Waals surface area (Å²) in [6.07, 6.45) is -0.413. The van der Waals surface area contributed by atoms with Crippen molar-refractivity contribution in [3.63, 3.8) is 0 Å². The quantitative estimate of drug-likeness (QED) is 0.620. The summed E-state index contributed by atoms with van der Waals surface area (Å²) in [5.74, 6) is -4.13. The average molecular weight is 230 g/mol. The van der Waals surface area contributed by atoms with Crippen molar-refractivity contribution in [1.82, 2.24) is 0 Å². The van der Waals surface area contributed by atoms with Crippen LogP contribution < -0.4 is 0 Å². The van der Waals surface area contributed by atoms with Crippen molar-refractivity contribution < 1.29 is 18.3 Å². The molecule has 0 radical (unpaired) electrons. The molecule has 16 heavy (non-hydrogen) atoms. The first-order valence-corrected chi connectivity index (χ1v) is 4.89. The Balaban J connectivity index is 2.87. The van der Waals surface area contributed by atoms with E-state index < -0.39 is 23.6 Å². The Labute approximate surface area is 92.2 Å². The second-order valence-corrected chi connectivity index (χ2v) is 3.78. The lowest BCUT2D eigenvalue weighted by Crippen LogP contribution is -2.04. The molecule has 0 fully saturated rings. The second-order valence-electron chi connectivity index (χ2n) is 3.78. The molecule has 0 heterocycles. The molecule has 0 saturated heterocycles. The Bertz CT molecular complexity index is 401. The van der Waals surface area contributed by atoms with E-state index in [0.717, 1.165) is 17.7 Å². The number of benzene rings is 1. The van der Waals surface area contributed by atoms with Crippen LogP contribution in [0.4, 0.5) is 13.2 Å². The molecule has 0 amide bonds. The lowest BCUT2D eigenvalue weighted by molar-refractivity contribution is 0.161. The van der Waals surface area contributed by atoms with Gasteiger partial charge in [-0.3, -0.25) is 0 Å². The molecule has 0 aromatic heterocycles. The fourth-order valence-electron chi connectivity index (χ4n) is 1.34. The molecule has 1 N–H and O–H groups in total. The van der Waals surface area contributed by atoms with E-state index in [1.807, 2.05) is 0 Å². The Hall–Kier alpha value is -1.29. The van der Waals surface area contributed by atoms with E-state index in [1.165, 1.54) is 0 Å². The van der Waals surface area contributed by atoms with Gasteiger partial charge in [-0.15, -0.1) is 6.58 Å². The largest absolute Gasteiger partial charge is 0.388 e. The van der Waals surface area contributed by atoms with E-state index in [0.29, 0.717) is 6.42 Å². The van der Waals surface area contributed by atoms with Gasteiger partial charge < -0.3 is 5.11 Å². The molecule has 0 spiro atoms. The van der Waals surface area contributed by atoms with Crippen LogP contribution >= 0.6 is 0 Å². The molecule has 1 aromatic carbocycles. The van der Waals surface area contributed by atoms with E-state index in [9.17, 15) is 18.3 Å². The highest BCUT2D eigenvalue weighted by Gasteiger charge is 2.18. The van der Waals surface area contributed by atoms with Crippen LogP contribution in [0, 0.1) is 17.5 Å². The van der Waals surface area contributed by atoms with Gasteiger partial charge in [0, 0.05) is 5.56 Å². The fraction of sp³-hybridized carbons (Fsp3) is 0.333. The first-order chi connectivity index (χ1) is 7.43. The first-order valence-electron chi connectivity index (χ1n) is 4.89. The van der Waals surface area contributed by atoms with Gasteiger partial charge in [0.1, 0.15) is 0 Å². The number of aliphatic hydroxyl groups excluding tert-OH is 1. The standard InChI is InChI=1S/C12H13F3O/c1-7(2)3-6-10(16)8-4-5-9(13)12(15)11(8)14/h4-5,10,16H,1,3,6H2,2H3. The summed E-state index contributed by atoms with van der Waals surface area (Å²) in [6, 6.07) is 1.86. The smallest absolute Gasteiger partial charge is 0.194 e. The molecule has 0 bridgehead atoms. The van der Waals surface area contributed by atoms with Gasteiger partial charge in [0.05, 0.1) is 6.10 Å². The second kappa shape index (κ2) is 5.16. The van der Waals surface area contributed by atoms with Gasteiger partial charge in [-0.1, -0.05) is 11.6 Å². The van der Waals surface area contributed by atoms with Crippen LogP contribution in [0.25, 0.3) is 0 Å². The third kappa shape index (κ3) is 2.85. The maximum absolute atomic E-state index is 13.2. The molecular weight excluding hydrogens is 217 g/mol. The molecule has 1 atom stereocenters. The summed E-state index contributed by atoms with van der Waals surface area (Å²) in [7, 11) is 0. The molecule has 1 nitrogen and oxygen atoms in total. The zero-order valence-electron chi connectivity index (χ0n) is 8.93. The predicted molar refractivity (Wildman–Crippen MR) is 55.3 cm³/mol. The van der Waals surface area contributed by atoms with Crippen LogP contribution in [0.2, 0.25) is 0 Å². The third-order valence-electron chi connectivity index (χ3n) is 2.27. The lowest BCUT2D eigenvalue weighted by Gasteiger charge is -2.12. The zero-order chi connectivity index (χ0) is 12.3. The minimum Gasteiger partial charge on any atom is -0.388 e. The van der Waals surface area contributed by atoms with Crippen LogP contribution in [-0.4, -0.2) is 5.11 Å². The normalized spacial score (nSPS) is 12.6. The predicted octanol–water partition coefficient (Wildman–Crippen LogP) is 3.49. The van der Waals surface area contributed by atoms with E-state index in [4.69, 9.17) is 0 Å². The third-order valence-corrected chi connectivity index (χ3v) is 2.27. The fourth-order valence-corrected chi connectivity index (χ4v) is 1.34. The number of hydrogen-bond donors (Lipinski definition) is 1. The lowest BCUT2D eigenvalue weighted by atomic mass is 10.0. The van der Waals surface area contributed by atoms with Gasteiger partial charge in [0.25, 0.3) is 0 Å². The van der Waals surface area contributed by atoms with Crippen LogP contribution in [0.1, 0.15) is 31.4 Å². The van der Waals surface area contributed by atoms with Crippen LogP contribution in [-0.2, 0) is 0 Å². The van der Waals surface area contributed by atoms with E-state index in [-0.39, 0.29) is 12.0 Å². The highest BCUT2D eigenvalue weighted by molar-refractivity contribution is 5.22. The van der Waals surface area contributed by atoms with Crippen molar-refractivity contribution in [2.75, 3.05) is 0 Å². The van der Waals surface area contributed by atoms with E-state index in [2.05, 4.69) is 6.58 Å². The number of allylic oxidation sites excluding steroid dienone is 1.